The van der Waals surface area contributed by atoms with Crippen LogP contribution in [0.5, 0.6) is 0 Å². The summed E-state index contributed by atoms with van der Waals surface area (Å²) in [5.41, 5.74) is 0.0174. The first-order valence-corrected chi connectivity index (χ1v) is 5.84. The Hall–Kier alpha value is -0.770. The normalized spacial score (nSPS) is 29.0. The molecule has 2 N–H and O–H groups in total. The molecule has 15 heavy (non-hydrogen) atoms. The minimum atomic E-state index is -0.0325. The first kappa shape index (κ1) is 10.7. The second-order valence-electron chi connectivity index (χ2n) is 4.93. The van der Waals surface area contributed by atoms with Crippen molar-refractivity contribution in [1.29, 1.82) is 0 Å². The molecule has 1 aliphatic carbocycles. The van der Waals surface area contributed by atoms with Gasteiger partial charge in [-0.25, -0.2) is 4.79 Å². The number of rotatable bonds is 2. The summed E-state index contributed by atoms with van der Waals surface area (Å²) in [7, 11) is 0. The van der Waals surface area contributed by atoms with Gasteiger partial charge in [0.15, 0.2) is 0 Å². The van der Waals surface area contributed by atoms with Crippen LogP contribution in [0.3, 0.4) is 0 Å². The second-order valence-corrected chi connectivity index (χ2v) is 4.93. The zero-order chi connectivity index (χ0) is 10.7. The maximum atomic E-state index is 11.7. The molecule has 1 saturated heterocycles. The van der Waals surface area contributed by atoms with Crippen molar-refractivity contribution < 1.29 is 9.53 Å². The highest BCUT2D eigenvalue weighted by Crippen LogP contribution is 2.28. The molecule has 1 aliphatic heterocycles. The van der Waals surface area contributed by atoms with E-state index in [0.717, 1.165) is 25.9 Å². The third-order valence-corrected chi connectivity index (χ3v) is 3.39. The Morgan fingerprint density at radius 2 is 2.13 bits per heavy atom. The van der Waals surface area contributed by atoms with Gasteiger partial charge in [-0.05, 0) is 26.2 Å². The van der Waals surface area contributed by atoms with Crippen molar-refractivity contribution in [1.82, 2.24) is 10.6 Å². The largest absolute Gasteiger partial charge is 0.379 e. The van der Waals surface area contributed by atoms with Crippen LogP contribution in [0.4, 0.5) is 4.79 Å². The number of amides is 2. The monoisotopic (exact) mass is 212 g/mol. The van der Waals surface area contributed by atoms with Crippen molar-refractivity contribution in [2.75, 3.05) is 13.2 Å². The number of urea groups is 1. The van der Waals surface area contributed by atoms with E-state index in [1.807, 2.05) is 0 Å². The summed E-state index contributed by atoms with van der Waals surface area (Å²) in [6, 6.07) is 0.171. The lowest BCUT2D eigenvalue weighted by molar-refractivity contribution is 0.187. The van der Waals surface area contributed by atoms with Gasteiger partial charge in [-0.1, -0.05) is 12.8 Å². The highest BCUT2D eigenvalue weighted by molar-refractivity contribution is 5.75. The number of carbonyl (C=O) groups excluding carboxylic acids is 1. The molecule has 4 nitrogen and oxygen atoms in total. The smallest absolute Gasteiger partial charge is 0.315 e. The molecular formula is C11H20N2O2. The summed E-state index contributed by atoms with van der Waals surface area (Å²) in [6.45, 7) is 3.55. The third kappa shape index (κ3) is 2.84. The molecule has 2 aliphatic rings. The number of hydrogen-bond acceptors (Lipinski definition) is 2. The van der Waals surface area contributed by atoms with E-state index in [-0.39, 0.29) is 17.6 Å². The average molecular weight is 212 g/mol. The molecular weight excluding hydrogens is 192 g/mol. The van der Waals surface area contributed by atoms with Gasteiger partial charge in [-0.15, -0.1) is 0 Å². The topological polar surface area (TPSA) is 50.4 Å². The molecule has 4 heteroatoms. The van der Waals surface area contributed by atoms with Gasteiger partial charge >= 0.3 is 6.03 Å². The molecule has 2 fully saturated rings. The van der Waals surface area contributed by atoms with Gasteiger partial charge in [0.25, 0.3) is 0 Å². The van der Waals surface area contributed by atoms with Gasteiger partial charge in [-0.2, -0.15) is 0 Å². The quantitative estimate of drug-likeness (QED) is 0.727. The molecule has 2 rings (SSSR count). The summed E-state index contributed by atoms with van der Waals surface area (Å²) < 4.78 is 5.21. The maximum absolute atomic E-state index is 11.7. The van der Waals surface area contributed by atoms with Crippen molar-refractivity contribution in [2.24, 2.45) is 0 Å². The second kappa shape index (κ2) is 4.39. The molecule has 0 spiro atoms. The van der Waals surface area contributed by atoms with E-state index in [2.05, 4.69) is 17.6 Å². The summed E-state index contributed by atoms with van der Waals surface area (Å²) in [5, 5.41) is 6.03. The van der Waals surface area contributed by atoms with Crippen LogP contribution >= 0.6 is 0 Å². The lowest BCUT2D eigenvalue weighted by Crippen LogP contribution is -2.51. The molecule has 1 saturated carbocycles. The third-order valence-electron chi connectivity index (χ3n) is 3.39. The summed E-state index contributed by atoms with van der Waals surface area (Å²) >= 11 is 0. The molecule has 86 valence electrons. The highest BCUT2D eigenvalue weighted by atomic mass is 16.5. The molecule has 0 aromatic rings. The lowest BCUT2D eigenvalue weighted by Gasteiger charge is -2.26. The van der Waals surface area contributed by atoms with E-state index in [1.165, 1.54) is 12.8 Å². The first-order valence-electron chi connectivity index (χ1n) is 5.84. The fourth-order valence-corrected chi connectivity index (χ4v) is 2.42. The van der Waals surface area contributed by atoms with Gasteiger partial charge in [0, 0.05) is 12.1 Å². The van der Waals surface area contributed by atoms with Gasteiger partial charge in [0.05, 0.1) is 12.6 Å². The Labute approximate surface area is 90.8 Å². The van der Waals surface area contributed by atoms with Gasteiger partial charge in [-0.3, -0.25) is 0 Å². The van der Waals surface area contributed by atoms with Gasteiger partial charge < -0.3 is 15.4 Å². The van der Waals surface area contributed by atoms with E-state index in [4.69, 9.17) is 4.74 Å². The molecule has 0 radical (unpaired) electrons. The molecule has 2 amide bonds. The summed E-state index contributed by atoms with van der Waals surface area (Å²) in [4.78, 5) is 11.7. The van der Waals surface area contributed by atoms with Crippen LogP contribution in [0, 0.1) is 0 Å². The summed E-state index contributed by atoms with van der Waals surface area (Å²) in [5.74, 6) is 0. The van der Waals surface area contributed by atoms with E-state index in [0.29, 0.717) is 6.61 Å². The Bertz CT molecular complexity index is 231. The maximum Gasteiger partial charge on any atom is 0.315 e. The van der Waals surface area contributed by atoms with Crippen molar-refractivity contribution in [3.8, 4) is 0 Å². The fraction of sp³-hybridized carbons (Fsp3) is 0.909. The number of ether oxygens (including phenoxy) is 1. The Morgan fingerprint density at radius 1 is 1.40 bits per heavy atom. The first-order chi connectivity index (χ1) is 7.18. The van der Waals surface area contributed by atoms with Crippen molar-refractivity contribution in [2.45, 2.75) is 50.6 Å². The minimum absolute atomic E-state index is 0.0174. The van der Waals surface area contributed by atoms with E-state index in [9.17, 15) is 4.79 Å². The zero-order valence-corrected chi connectivity index (χ0v) is 9.34. The van der Waals surface area contributed by atoms with Crippen LogP contribution < -0.4 is 10.6 Å². The van der Waals surface area contributed by atoms with E-state index in [1.54, 1.807) is 0 Å². The number of hydrogen-bond donors (Lipinski definition) is 2. The Balaban J connectivity index is 1.76. The lowest BCUT2D eigenvalue weighted by atomic mass is 10.0. The number of carbonyl (C=O) groups is 1. The van der Waals surface area contributed by atoms with Crippen LogP contribution in [-0.2, 0) is 4.74 Å². The highest BCUT2D eigenvalue weighted by Gasteiger charge is 2.30. The van der Waals surface area contributed by atoms with Crippen molar-refractivity contribution in [3.63, 3.8) is 0 Å². The zero-order valence-electron chi connectivity index (χ0n) is 9.34. The van der Waals surface area contributed by atoms with Crippen LogP contribution in [0.25, 0.3) is 0 Å². The van der Waals surface area contributed by atoms with Gasteiger partial charge in [0.1, 0.15) is 0 Å². The standard InChI is InChI=1S/C11H20N2O2/c1-11(5-2-3-6-11)13-10(14)12-9-4-7-15-8-9/h9H,2-8H2,1H3,(H2,12,13,14). The van der Waals surface area contributed by atoms with Crippen molar-refractivity contribution in [3.05, 3.63) is 0 Å². The SMILES string of the molecule is CC1(NC(=O)NC2CCOC2)CCCC1. The van der Waals surface area contributed by atoms with E-state index < -0.39 is 0 Å². The molecule has 1 unspecified atom stereocenters. The number of nitrogens with one attached hydrogen (secondary N) is 2. The van der Waals surface area contributed by atoms with Crippen LogP contribution in [0.1, 0.15) is 39.0 Å². The fourth-order valence-electron chi connectivity index (χ4n) is 2.42. The predicted molar refractivity (Wildman–Crippen MR) is 57.8 cm³/mol. The Morgan fingerprint density at radius 3 is 2.73 bits per heavy atom. The minimum Gasteiger partial charge on any atom is -0.379 e. The molecule has 1 atom stereocenters. The predicted octanol–water partition coefficient (Wildman–Crippen LogP) is 1.41. The van der Waals surface area contributed by atoms with Crippen LogP contribution in [0.15, 0.2) is 0 Å². The van der Waals surface area contributed by atoms with Crippen LogP contribution in [-0.4, -0.2) is 30.8 Å². The molecule has 0 bridgehead atoms. The van der Waals surface area contributed by atoms with Gasteiger partial charge in [0.2, 0.25) is 0 Å². The van der Waals surface area contributed by atoms with Crippen molar-refractivity contribution >= 4 is 6.03 Å². The Kier molecular flexibility index (Phi) is 3.14. The van der Waals surface area contributed by atoms with E-state index >= 15 is 0 Å². The average Bonchev–Trinajstić information content (AvgIpc) is 2.76. The molecule has 0 aromatic carbocycles. The van der Waals surface area contributed by atoms with Crippen LogP contribution in [0.2, 0.25) is 0 Å². The molecule has 1 heterocycles. The molecule has 0 aromatic heterocycles. The summed E-state index contributed by atoms with van der Waals surface area (Å²) in [6.07, 6.45) is 5.58.